The molecule has 0 bridgehead atoms. The first-order chi connectivity index (χ1) is 7.52. The van der Waals surface area contributed by atoms with Crippen LogP contribution >= 0.6 is 22.6 Å². The molecule has 0 aliphatic heterocycles. The van der Waals surface area contributed by atoms with Crippen LogP contribution in [0.25, 0.3) is 10.4 Å². The molecule has 0 aliphatic carbocycles. The number of hydrogen-bond acceptors (Lipinski definition) is 2. The summed E-state index contributed by atoms with van der Waals surface area (Å²) in [6, 6.07) is 0. The van der Waals surface area contributed by atoms with Crippen molar-refractivity contribution in [2.45, 2.75) is 25.3 Å². The van der Waals surface area contributed by atoms with Crippen LogP contribution in [-0.4, -0.2) is 28.1 Å². The van der Waals surface area contributed by atoms with Crippen LogP contribution < -0.4 is 0 Å². The lowest BCUT2D eigenvalue weighted by molar-refractivity contribution is -0.124. The van der Waals surface area contributed by atoms with Crippen molar-refractivity contribution in [2.75, 3.05) is 0 Å². The number of carbonyl (C=O) groups excluding carboxylic acids is 2. The Morgan fingerprint density at radius 3 is 2.56 bits per heavy atom. The van der Waals surface area contributed by atoms with Gasteiger partial charge in [-0.3, -0.25) is 9.59 Å². The summed E-state index contributed by atoms with van der Waals surface area (Å²) in [5, 5.41) is 0. The van der Waals surface area contributed by atoms with E-state index in [1.54, 1.807) is 10.2 Å². The lowest BCUT2D eigenvalue weighted by atomic mass is 9.86. The fraction of sp³-hybridized carbons (Fsp3) is 0.400. The molecule has 84 valence electrons. The molecule has 0 rings (SSSR count). The maximum absolute atomic E-state index is 11.6. The van der Waals surface area contributed by atoms with Crippen LogP contribution in [0, 0.1) is 6.57 Å². The highest BCUT2D eigenvalue weighted by atomic mass is 127. The van der Waals surface area contributed by atoms with Crippen molar-refractivity contribution >= 4 is 40.4 Å². The largest absolute Gasteiger partial charge is 0.361 e. The molecular formula is C10H10IN3O2. The number of Topliss-reactive ketones (excluding diaryl/α,β-unsaturated/α-hetero) is 2. The molecule has 0 aromatic carbocycles. The number of nitrogens with zero attached hydrogens (tertiary/aromatic N) is 3. The third kappa shape index (κ3) is 4.04. The SMILES string of the molecule is [C-]#[N+][C@](CC=CI)(CC(C)=O)C(=O)C=[N+]=[N-]. The molecule has 0 unspecified atom stereocenters. The Bertz CT molecular complexity index is 405. The van der Waals surface area contributed by atoms with Crippen LogP contribution in [0.1, 0.15) is 19.8 Å². The maximum Gasteiger partial charge on any atom is 0.331 e. The van der Waals surface area contributed by atoms with Crippen LogP contribution in [0.2, 0.25) is 0 Å². The van der Waals surface area contributed by atoms with E-state index in [2.05, 4.69) is 9.63 Å². The molecule has 0 spiro atoms. The standard InChI is InChI=1S/C10H10IN3O2/c1-8(15)6-10(13-2,4-3-5-11)9(16)7-14-12/h3,5,7H,4,6H2,1H3/t10-/m1/s1. The second-order valence-corrected chi connectivity index (χ2v) is 3.92. The number of rotatable bonds is 6. The molecule has 1 atom stereocenters. The Hall–Kier alpha value is -1.32. The maximum atomic E-state index is 11.6. The van der Waals surface area contributed by atoms with Gasteiger partial charge in [0.25, 0.3) is 0 Å². The fourth-order valence-corrected chi connectivity index (χ4v) is 1.48. The Morgan fingerprint density at radius 1 is 1.56 bits per heavy atom. The Labute approximate surface area is 107 Å². The van der Waals surface area contributed by atoms with E-state index < -0.39 is 11.3 Å². The van der Waals surface area contributed by atoms with E-state index in [4.69, 9.17) is 12.1 Å². The first-order valence-electron chi connectivity index (χ1n) is 4.37. The number of halogens is 1. The van der Waals surface area contributed by atoms with Crippen molar-refractivity contribution in [1.29, 1.82) is 0 Å². The van der Waals surface area contributed by atoms with Gasteiger partial charge < -0.3 is 10.4 Å². The minimum Gasteiger partial charge on any atom is -0.361 e. The van der Waals surface area contributed by atoms with Gasteiger partial charge in [0, 0.05) is 0 Å². The zero-order chi connectivity index (χ0) is 12.6. The summed E-state index contributed by atoms with van der Waals surface area (Å²) >= 11 is 1.96. The molecule has 0 fully saturated rings. The highest BCUT2D eigenvalue weighted by Gasteiger charge is 2.46. The Morgan fingerprint density at radius 2 is 2.19 bits per heavy atom. The Kier molecular flexibility index (Phi) is 6.46. The second kappa shape index (κ2) is 7.04. The van der Waals surface area contributed by atoms with Crippen molar-refractivity contribution in [1.82, 2.24) is 0 Å². The van der Waals surface area contributed by atoms with Gasteiger partial charge in [-0.1, -0.05) is 28.7 Å². The lowest BCUT2D eigenvalue weighted by Gasteiger charge is -2.13. The summed E-state index contributed by atoms with van der Waals surface area (Å²) in [5.41, 5.74) is 6.82. The van der Waals surface area contributed by atoms with Gasteiger partial charge in [-0.05, 0) is 11.0 Å². The molecular weight excluding hydrogens is 321 g/mol. The third-order valence-electron chi connectivity index (χ3n) is 1.93. The number of carbonyl (C=O) groups is 2. The van der Waals surface area contributed by atoms with Gasteiger partial charge in [-0.2, -0.15) is 4.79 Å². The van der Waals surface area contributed by atoms with Crippen molar-refractivity contribution in [3.63, 3.8) is 0 Å². The topological polar surface area (TPSA) is 74.9 Å². The molecule has 0 amide bonds. The van der Waals surface area contributed by atoms with E-state index in [-0.39, 0.29) is 18.6 Å². The van der Waals surface area contributed by atoms with Crippen molar-refractivity contribution in [3.8, 4) is 0 Å². The van der Waals surface area contributed by atoms with E-state index >= 15 is 0 Å². The predicted octanol–water partition coefficient (Wildman–Crippen LogP) is 1.83. The third-order valence-corrected chi connectivity index (χ3v) is 2.44. The summed E-state index contributed by atoms with van der Waals surface area (Å²) < 4.78 is 1.67. The van der Waals surface area contributed by atoms with Gasteiger partial charge in [0.15, 0.2) is 0 Å². The van der Waals surface area contributed by atoms with E-state index in [9.17, 15) is 9.59 Å². The quantitative estimate of drug-likeness (QED) is 0.245. The molecule has 0 radical (unpaired) electrons. The summed E-state index contributed by atoms with van der Waals surface area (Å²) in [4.78, 5) is 28.5. The monoisotopic (exact) mass is 331 g/mol. The zero-order valence-electron chi connectivity index (χ0n) is 8.68. The Balaban J connectivity index is 5.27. The molecule has 16 heavy (non-hydrogen) atoms. The number of hydrogen-bond donors (Lipinski definition) is 0. The molecule has 0 aliphatic rings. The smallest absolute Gasteiger partial charge is 0.331 e. The van der Waals surface area contributed by atoms with Gasteiger partial charge in [0.1, 0.15) is 5.78 Å². The molecule has 0 saturated carbocycles. The van der Waals surface area contributed by atoms with Gasteiger partial charge in [-0.25, -0.2) is 6.57 Å². The molecule has 0 aromatic rings. The fourth-order valence-electron chi connectivity index (χ4n) is 1.22. The van der Waals surface area contributed by atoms with Crippen molar-refractivity contribution in [2.24, 2.45) is 0 Å². The van der Waals surface area contributed by atoms with Crippen molar-refractivity contribution < 1.29 is 14.4 Å². The normalized spacial score (nSPS) is 13.6. The highest BCUT2D eigenvalue weighted by molar-refractivity contribution is 14.1. The summed E-state index contributed by atoms with van der Waals surface area (Å²) in [6.45, 7) is 8.38. The number of ketones is 2. The van der Waals surface area contributed by atoms with E-state index in [0.29, 0.717) is 6.21 Å². The minimum atomic E-state index is -1.47. The average molecular weight is 331 g/mol. The molecule has 0 aromatic heterocycles. The van der Waals surface area contributed by atoms with Crippen LogP contribution in [-0.2, 0) is 9.59 Å². The van der Waals surface area contributed by atoms with Crippen LogP contribution in [0.5, 0.6) is 0 Å². The van der Waals surface area contributed by atoms with Gasteiger partial charge >= 0.3 is 17.5 Å². The molecule has 0 saturated heterocycles. The van der Waals surface area contributed by atoms with Gasteiger partial charge in [0.2, 0.25) is 0 Å². The average Bonchev–Trinajstić information content (AvgIpc) is 2.24. The molecule has 0 N–H and O–H groups in total. The van der Waals surface area contributed by atoms with E-state index in [1.807, 2.05) is 22.6 Å². The molecule has 0 heterocycles. The van der Waals surface area contributed by atoms with Crippen LogP contribution in [0.15, 0.2) is 10.2 Å². The lowest BCUT2D eigenvalue weighted by Crippen LogP contribution is -2.37. The summed E-state index contributed by atoms with van der Waals surface area (Å²) in [7, 11) is 0. The van der Waals surface area contributed by atoms with E-state index in [0.717, 1.165) is 0 Å². The molecule has 5 nitrogen and oxygen atoms in total. The first-order valence-corrected chi connectivity index (χ1v) is 5.62. The van der Waals surface area contributed by atoms with Crippen LogP contribution in [0.4, 0.5) is 0 Å². The summed E-state index contributed by atoms with van der Waals surface area (Å²) in [6.07, 6.45) is 2.25. The molecule has 6 heteroatoms. The second-order valence-electron chi connectivity index (χ2n) is 3.20. The van der Waals surface area contributed by atoms with Gasteiger partial charge in [-0.15, -0.1) is 0 Å². The van der Waals surface area contributed by atoms with Gasteiger partial charge in [0.05, 0.1) is 12.8 Å². The summed E-state index contributed by atoms with van der Waals surface area (Å²) in [5.74, 6) is -0.910. The van der Waals surface area contributed by atoms with E-state index in [1.165, 1.54) is 6.92 Å². The zero-order valence-corrected chi connectivity index (χ0v) is 10.8. The van der Waals surface area contributed by atoms with Crippen LogP contribution in [0.3, 0.4) is 0 Å². The predicted molar refractivity (Wildman–Crippen MR) is 67.1 cm³/mol. The minimum absolute atomic E-state index is 0.129. The van der Waals surface area contributed by atoms with Crippen molar-refractivity contribution in [3.05, 3.63) is 27.1 Å². The highest BCUT2D eigenvalue weighted by Crippen LogP contribution is 2.23. The first kappa shape index (κ1) is 14.7.